The van der Waals surface area contributed by atoms with E-state index >= 15 is 0 Å². The average molecular weight is 541 g/mol. The lowest BCUT2D eigenvalue weighted by Gasteiger charge is -2.05. The molecule has 4 N–H and O–H groups in total. The molecule has 0 aliphatic rings. The summed E-state index contributed by atoms with van der Waals surface area (Å²) in [6.45, 7) is 2.96. The zero-order valence-corrected chi connectivity index (χ0v) is 21.9. The van der Waals surface area contributed by atoms with Crippen molar-refractivity contribution in [3.05, 3.63) is 107 Å². The molecule has 10 heteroatoms. The van der Waals surface area contributed by atoms with E-state index in [0.717, 1.165) is 35.3 Å². The van der Waals surface area contributed by atoms with Gasteiger partial charge >= 0.3 is 5.69 Å². The molecule has 3 aromatic heterocycles. The first-order chi connectivity index (χ1) is 19.4. The molecular formula is C30H29FN6O3. The number of hydrogen-bond acceptors (Lipinski definition) is 4. The molecular weight excluding hydrogens is 511 g/mol. The Hall–Kier alpha value is -4.96. The predicted octanol–water partition coefficient (Wildman–Crippen LogP) is 4.76. The van der Waals surface area contributed by atoms with Gasteiger partial charge in [-0.1, -0.05) is 48.5 Å². The number of benzene rings is 3. The van der Waals surface area contributed by atoms with E-state index in [9.17, 15) is 9.18 Å². The van der Waals surface area contributed by atoms with Crippen molar-refractivity contribution < 1.29 is 14.3 Å². The number of nitrogens with one attached hydrogen (secondary N) is 1. The first-order valence-electron chi connectivity index (χ1n) is 12.9. The van der Waals surface area contributed by atoms with Gasteiger partial charge in [0.25, 0.3) is 5.97 Å². The van der Waals surface area contributed by atoms with Crippen LogP contribution in [0.2, 0.25) is 0 Å². The summed E-state index contributed by atoms with van der Waals surface area (Å²) < 4.78 is 20.0. The van der Waals surface area contributed by atoms with Crippen LogP contribution < -0.4 is 11.4 Å². The molecule has 6 rings (SSSR count). The maximum atomic E-state index is 14.3. The molecule has 0 spiro atoms. The number of aryl methyl sites for hydroxylation is 1. The highest BCUT2D eigenvalue weighted by atomic mass is 19.1. The molecule has 0 atom stereocenters. The number of fused-ring (bicyclic) bond motifs is 2. The van der Waals surface area contributed by atoms with Crippen molar-refractivity contribution in [1.82, 2.24) is 23.9 Å². The van der Waals surface area contributed by atoms with Crippen molar-refractivity contribution in [2.24, 2.45) is 5.73 Å². The fourth-order valence-electron chi connectivity index (χ4n) is 4.91. The molecule has 9 nitrogen and oxygen atoms in total. The van der Waals surface area contributed by atoms with Gasteiger partial charge in [-0.25, -0.2) is 18.9 Å². The molecule has 204 valence electrons. The molecule has 3 heterocycles. The third kappa shape index (κ3) is 5.29. The lowest BCUT2D eigenvalue weighted by atomic mass is 10.1. The second-order valence-electron chi connectivity index (χ2n) is 9.39. The second-order valence-corrected chi connectivity index (χ2v) is 9.39. The van der Waals surface area contributed by atoms with Crippen molar-refractivity contribution in [3.8, 4) is 17.1 Å². The highest BCUT2D eigenvalue weighted by Gasteiger charge is 2.21. The largest absolute Gasteiger partial charge is 0.481 e. The van der Waals surface area contributed by atoms with E-state index in [1.54, 1.807) is 6.07 Å². The summed E-state index contributed by atoms with van der Waals surface area (Å²) in [6, 6.07) is 22.9. The van der Waals surface area contributed by atoms with Crippen LogP contribution in [0.15, 0.2) is 90.0 Å². The Bertz CT molecular complexity index is 1840. The number of carboxylic acids is 1. The summed E-state index contributed by atoms with van der Waals surface area (Å²) in [5.41, 5.74) is 9.79. The predicted molar refractivity (Wildman–Crippen MR) is 153 cm³/mol. The SMILES string of the molecule is CC(=O)O.NCCCn1cc(-n2c(-c3cn(Cc4ccccc4)c4ccccc34)n[nH]c2=O)c2cc(F)ccc21. The maximum Gasteiger partial charge on any atom is 0.348 e. The normalized spacial score (nSPS) is 11.1. The Balaban J connectivity index is 0.000000758. The van der Waals surface area contributed by atoms with E-state index in [2.05, 4.69) is 33.0 Å². The number of nitrogens with two attached hydrogens (primary N) is 1. The van der Waals surface area contributed by atoms with Crippen molar-refractivity contribution in [3.63, 3.8) is 0 Å². The third-order valence-corrected chi connectivity index (χ3v) is 6.56. The monoisotopic (exact) mass is 540 g/mol. The van der Waals surface area contributed by atoms with Crippen LogP contribution in [0.25, 0.3) is 38.9 Å². The van der Waals surface area contributed by atoms with Crippen LogP contribution in [0.5, 0.6) is 0 Å². The molecule has 0 unspecified atom stereocenters. The number of halogens is 1. The minimum atomic E-state index is -0.833. The maximum absolute atomic E-state index is 14.3. The number of hydrogen-bond donors (Lipinski definition) is 3. The lowest BCUT2D eigenvalue weighted by molar-refractivity contribution is -0.134. The van der Waals surface area contributed by atoms with Crippen molar-refractivity contribution in [2.45, 2.75) is 26.4 Å². The molecule has 0 aliphatic heterocycles. The number of aliphatic carboxylic acids is 1. The number of para-hydroxylation sites is 1. The molecule has 0 bridgehead atoms. The summed E-state index contributed by atoms with van der Waals surface area (Å²) in [6.07, 6.45) is 4.67. The van der Waals surface area contributed by atoms with E-state index in [0.29, 0.717) is 36.5 Å². The zero-order chi connectivity index (χ0) is 28.2. The van der Waals surface area contributed by atoms with Crippen LogP contribution in [0.1, 0.15) is 18.9 Å². The summed E-state index contributed by atoms with van der Waals surface area (Å²) in [4.78, 5) is 22.1. The number of aromatic amines is 1. The van der Waals surface area contributed by atoms with Crippen LogP contribution in [0, 0.1) is 5.82 Å². The van der Waals surface area contributed by atoms with E-state index in [1.165, 1.54) is 22.3 Å². The molecule has 0 amide bonds. The van der Waals surface area contributed by atoms with Crippen LogP contribution in [-0.2, 0) is 17.9 Å². The standard InChI is InChI=1S/C28H25FN6O.C2H4O2/c29-20-11-12-25-22(15-20)26(18-33(25)14-6-13-30)35-27(31-32-28(35)36)23-17-34(16-19-7-2-1-3-8-19)24-10-5-4-9-21(23)24;1-2(3)4/h1-5,7-12,15,17-18H,6,13-14,16,30H2,(H,32,36);1H3,(H,3,4). The van der Waals surface area contributed by atoms with Crippen molar-refractivity contribution in [2.75, 3.05) is 6.54 Å². The lowest BCUT2D eigenvalue weighted by Crippen LogP contribution is -2.15. The minimum Gasteiger partial charge on any atom is -0.481 e. The summed E-state index contributed by atoms with van der Waals surface area (Å²) in [7, 11) is 0. The number of nitrogens with zero attached hydrogens (tertiary/aromatic N) is 4. The summed E-state index contributed by atoms with van der Waals surface area (Å²) in [5, 5.41) is 16.1. The van der Waals surface area contributed by atoms with Crippen molar-refractivity contribution in [1.29, 1.82) is 0 Å². The Morgan fingerprint density at radius 2 is 1.68 bits per heavy atom. The fraction of sp³-hybridized carbons (Fsp3) is 0.167. The van der Waals surface area contributed by atoms with Gasteiger partial charge in [0.2, 0.25) is 0 Å². The molecule has 3 aromatic carbocycles. The zero-order valence-electron chi connectivity index (χ0n) is 21.9. The number of carbonyl (C=O) groups is 1. The van der Waals surface area contributed by atoms with Gasteiger partial charge in [0.05, 0.1) is 11.2 Å². The van der Waals surface area contributed by atoms with E-state index in [1.807, 2.05) is 53.4 Å². The first kappa shape index (κ1) is 26.6. The van der Waals surface area contributed by atoms with Crippen LogP contribution in [0.3, 0.4) is 0 Å². The second kappa shape index (κ2) is 11.4. The quantitative estimate of drug-likeness (QED) is 0.269. The number of H-pyrrole nitrogens is 1. The molecule has 40 heavy (non-hydrogen) atoms. The molecule has 6 aromatic rings. The molecule has 0 aliphatic carbocycles. The highest BCUT2D eigenvalue weighted by molar-refractivity contribution is 5.96. The van der Waals surface area contributed by atoms with Gasteiger partial charge in [-0.3, -0.25) is 4.79 Å². The van der Waals surface area contributed by atoms with E-state index < -0.39 is 5.97 Å². The Morgan fingerprint density at radius 3 is 2.42 bits per heavy atom. The van der Waals surface area contributed by atoms with Crippen LogP contribution in [-0.4, -0.2) is 41.5 Å². The average Bonchev–Trinajstić information content (AvgIpc) is 3.60. The number of carboxylic acid groups (broad SMARTS) is 1. The fourth-order valence-corrected chi connectivity index (χ4v) is 4.91. The van der Waals surface area contributed by atoms with E-state index in [4.69, 9.17) is 15.6 Å². The Labute approximate surface area is 228 Å². The van der Waals surface area contributed by atoms with Gasteiger partial charge in [0.15, 0.2) is 5.82 Å². The van der Waals surface area contributed by atoms with Gasteiger partial charge in [0, 0.05) is 54.3 Å². The highest BCUT2D eigenvalue weighted by Crippen LogP contribution is 2.33. The van der Waals surface area contributed by atoms with Crippen molar-refractivity contribution >= 4 is 27.8 Å². The van der Waals surface area contributed by atoms with Gasteiger partial charge in [-0.2, -0.15) is 5.10 Å². The molecule has 0 saturated heterocycles. The van der Waals surface area contributed by atoms with E-state index in [-0.39, 0.29) is 11.5 Å². The number of aromatic nitrogens is 5. The molecule has 0 fully saturated rings. The third-order valence-electron chi connectivity index (χ3n) is 6.56. The topological polar surface area (TPSA) is 124 Å². The van der Waals surface area contributed by atoms with Gasteiger partial charge in [-0.15, -0.1) is 0 Å². The van der Waals surface area contributed by atoms with Gasteiger partial charge < -0.3 is 20.0 Å². The number of rotatable bonds is 7. The summed E-state index contributed by atoms with van der Waals surface area (Å²) >= 11 is 0. The Kier molecular flexibility index (Phi) is 7.61. The van der Waals surface area contributed by atoms with Crippen LogP contribution in [0.4, 0.5) is 4.39 Å². The van der Waals surface area contributed by atoms with Gasteiger partial charge in [0.1, 0.15) is 5.82 Å². The van der Waals surface area contributed by atoms with Crippen LogP contribution >= 0.6 is 0 Å². The summed E-state index contributed by atoms with van der Waals surface area (Å²) in [5.74, 6) is -0.719. The molecule has 0 radical (unpaired) electrons. The smallest absolute Gasteiger partial charge is 0.348 e. The van der Waals surface area contributed by atoms with Gasteiger partial charge in [-0.05, 0) is 42.8 Å². The minimum absolute atomic E-state index is 0.363. The molecule has 0 saturated carbocycles. The Morgan fingerprint density at radius 1 is 0.975 bits per heavy atom. The first-order valence-corrected chi connectivity index (χ1v) is 12.9.